The van der Waals surface area contributed by atoms with Crippen molar-refractivity contribution in [1.82, 2.24) is 5.32 Å². The number of carbonyl (C=O) groups excluding carboxylic acids is 1. The monoisotopic (exact) mass is 272 g/mol. The highest BCUT2D eigenvalue weighted by Gasteiger charge is 2.27. The summed E-state index contributed by atoms with van der Waals surface area (Å²) in [6.07, 6.45) is 0. The molecule has 0 aliphatic carbocycles. The van der Waals surface area contributed by atoms with Gasteiger partial charge in [-0.05, 0) is 27.0 Å². The van der Waals surface area contributed by atoms with Crippen molar-refractivity contribution in [3.63, 3.8) is 0 Å². The van der Waals surface area contributed by atoms with Gasteiger partial charge in [0.15, 0.2) is 11.6 Å². The number of aromatic carboxylic acids is 1. The molecule has 0 atom stereocenters. The normalized spacial score (nSPS) is 11.2. The van der Waals surface area contributed by atoms with Crippen molar-refractivity contribution in [2.24, 2.45) is 0 Å². The number of hydrogen-bond acceptors (Lipinski definition) is 3. The van der Waals surface area contributed by atoms with Crippen LogP contribution in [0, 0.1) is 11.6 Å². The first-order chi connectivity index (χ1) is 8.69. The summed E-state index contributed by atoms with van der Waals surface area (Å²) in [5.74, 6) is -4.55. The Morgan fingerprint density at radius 2 is 1.74 bits per heavy atom. The van der Waals surface area contributed by atoms with Gasteiger partial charge in [0, 0.05) is 6.07 Å². The number of anilines is 1. The number of amides is 1. The molecule has 0 fully saturated rings. The van der Waals surface area contributed by atoms with Gasteiger partial charge in [-0.3, -0.25) is 4.79 Å². The van der Waals surface area contributed by atoms with E-state index in [2.05, 4.69) is 10.6 Å². The molecule has 1 amide bonds. The van der Waals surface area contributed by atoms with Crippen LogP contribution in [-0.2, 0) is 4.79 Å². The largest absolute Gasteiger partial charge is 0.478 e. The Balaban J connectivity index is 3.17. The lowest BCUT2D eigenvalue weighted by Crippen LogP contribution is -2.48. The van der Waals surface area contributed by atoms with E-state index in [-0.39, 0.29) is 5.69 Å². The van der Waals surface area contributed by atoms with E-state index in [0.29, 0.717) is 12.1 Å². The smallest absolute Gasteiger partial charge is 0.337 e. The molecule has 104 valence electrons. The van der Waals surface area contributed by atoms with Crippen molar-refractivity contribution in [2.45, 2.75) is 19.4 Å². The van der Waals surface area contributed by atoms with Gasteiger partial charge in [0.05, 0.1) is 16.8 Å². The molecule has 1 rings (SSSR count). The maximum Gasteiger partial charge on any atom is 0.337 e. The molecule has 0 radical (unpaired) electrons. The van der Waals surface area contributed by atoms with E-state index < -0.39 is 34.6 Å². The second-order valence-corrected chi connectivity index (χ2v) is 4.45. The number of carboxylic acids is 1. The molecule has 0 spiro atoms. The topological polar surface area (TPSA) is 78.4 Å². The van der Waals surface area contributed by atoms with Crippen LogP contribution in [0.25, 0.3) is 0 Å². The molecule has 3 N–H and O–H groups in total. The molecule has 0 saturated heterocycles. The molecule has 1 aromatic carbocycles. The number of nitrogens with one attached hydrogen (secondary N) is 2. The number of benzene rings is 1. The molecule has 0 aliphatic heterocycles. The second kappa shape index (κ2) is 5.31. The quantitative estimate of drug-likeness (QED) is 0.778. The summed E-state index contributed by atoms with van der Waals surface area (Å²) in [4.78, 5) is 22.8. The van der Waals surface area contributed by atoms with E-state index in [1.807, 2.05) is 0 Å². The first-order valence-corrected chi connectivity index (χ1v) is 5.41. The maximum absolute atomic E-state index is 13.1. The molecular weight excluding hydrogens is 258 g/mol. The van der Waals surface area contributed by atoms with Crippen LogP contribution in [0.3, 0.4) is 0 Å². The van der Waals surface area contributed by atoms with Crippen LogP contribution in [0.5, 0.6) is 0 Å². The fourth-order valence-corrected chi connectivity index (χ4v) is 1.22. The zero-order valence-corrected chi connectivity index (χ0v) is 10.7. The molecule has 0 aliphatic rings. The molecule has 0 aromatic heterocycles. The van der Waals surface area contributed by atoms with E-state index >= 15 is 0 Å². The van der Waals surface area contributed by atoms with E-state index in [4.69, 9.17) is 5.11 Å². The predicted octanol–water partition coefficient (Wildman–Crippen LogP) is 1.60. The number of halogens is 2. The minimum atomic E-state index is -1.46. The van der Waals surface area contributed by atoms with Crippen molar-refractivity contribution < 1.29 is 23.5 Å². The zero-order valence-electron chi connectivity index (χ0n) is 10.7. The summed E-state index contributed by atoms with van der Waals surface area (Å²) in [7, 11) is 1.54. The van der Waals surface area contributed by atoms with Gasteiger partial charge in [-0.1, -0.05) is 0 Å². The molecule has 19 heavy (non-hydrogen) atoms. The van der Waals surface area contributed by atoms with Crippen LogP contribution in [0.15, 0.2) is 12.1 Å². The van der Waals surface area contributed by atoms with E-state index in [9.17, 15) is 18.4 Å². The molecule has 1 aromatic rings. The second-order valence-electron chi connectivity index (χ2n) is 4.45. The molecule has 0 heterocycles. The van der Waals surface area contributed by atoms with Gasteiger partial charge in [-0.2, -0.15) is 0 Å². The summed E-state index contributed by atoms with van der Waals surface area (Å²) in [6, 6.07) is 1.17. The average Bonchev–Trinajstić information content (AvgIpc) is 2.32. The number of carboxylic acid groups (broad SMARTS) is 1. The minimum Gasteiger partial charge on any atom is -0.478 e. The molecule has 0 unspecified atom stereocenters. The molecule has 0 saturated carbocycles. The van der Waals surface area contributed by atoms with Gasteiger partial charge < -0.3 is 15.7 Å². The Morgan fingerprint density at radius 1 is 1.21 bits per heavy atom. The van der Waals surface area contributed by atoms with E-state index in [1.165, 1.54) is 0 Å². The van der Waals surface area contributed by atoms with Crippen LogP contribution >= 0.6 is 0 Å². The summed E-state index contributed by atoms with van der Waals surface area (Å²) < 4.78 is 26.1. The number of carbonyl (C=O) groups is 2. The Morgan fingerprint density at radius 3 is 2.21 bits per heavy atom. The van der Waals surface area contributed by atoms with Crippen molar-refractivity contribution >= 4 is 17.6 Å². The Labute approximate surface area is 108 Å². The zero-order chi connectivity index (χ0) is 14.8. The van der Waals surface area contributed by atoms with Crippen LogP contribution in [0.2, 0.25) is 0 Å². The fourth-order valence-electron chi connectivity index (χ4n) is 1.22. The van der Waals surface area contributed by atoms with Crippen LogP contribution in [0.1, 0.15) is 24.2 Å². The predicted molar refractivity (Wildman–Crippen MR) is 65.1 cm³/mol. The summed E-state index contributed by atoms with van der Waals surface area (Å²) >= 11 is 0. The highest BCUT2D eigenvalue weighted by molar-refractivity contribution is 6.03. The first-order valence-electron chi connectivity index (χ1n) is 5.41. The lowest BCUT2D eigenvalue weighted by atomic mass is 10.0. The van der Waals surface area contributed by atoms with E-state index in [0.717, 1.165) is 0 Å². The van der Waals surface area contributed by atoms with Crippen molar-refractivity contribution in [2.75, 3.05) is 12.4 Å². The van der Waals surface area contributed by atoms with Gasteiger partial charge in [0.1, 0.15) is 0 Å². The SMILES string of the molecule is CNC(C)(C)C(=O)Nc1cc(F)c(F)cc1C(=O)O. The van der Waals surface area contributed by atoms with Crippen molar-refractivity contribution in [3.8, 4) is 0 Å². The van der Waals surface area contributed by atoms with Gasteiger partial charge in [-0.15, -0.1) is 0 Å². The van der Waals surface area contributed by atoms with Gasteiger partial charge in [0.25, 0.3) is 0 Å². The van der Waals surface area contributed by atoms with Crippen LogP contribution in [-0.4, -0.2) is 29.6 Å². The van der Waals surface area contributed by atoms with Crippen LogP contribution in [0.4, 0.5) is 14.5 Å². The highest BCUT2D eigenvalue weighted by Crippen LogP contribution is 2.21. The molecular formula is C12H14F2N2O3. The fraction of sp³-hybridized carbons (Fsp3) is 0.333. The maximum atomic E-state index is 13.1. The molecule has 7 heteroatoms. The van der Waals surface area contributed by atoms with Crippen molar-refractivity contribution in [3.05, 3.63) is 29.3 Å². The van der Waals surface area contributed by atoms with Gasteiger partial charge in [0.2, 0.25) is 5.91 Å². The van der Waals surface area contributed by atoms with Crippen molar-refractivity contribution in [1.29, 1.82) is 0 Å². The number of rotatable bonds is 4. The minimum absolute atomic E-state index is 0.292. The average molecular weight is 272 g/mol. The molecule has 0 bridgehead atoms. The Hall–Kier alpha value is -2.02. The Bertz CT molecular complexity index is 530. The lowest BCUT2D eigenvalue weighted by molar-refractivity contribution is -0.121. The third-order valence-corrected chi connectivity index (χ3v) is 2.73. The third kappa shape index (κ3) is 3.25. The van der Waals surface area contributed by atoms with Gasteiger partial charge >= 0.3 is 5.97 Å². The summed E-state index contributed by atoms with van der Waals surface area (Å²) in [5.41, 5.74) is -1.79. The first kappa shape index (κ1) is 15.0. The van der Waals surface area contributed by atoms with Crippen LogP contribution < -0.4 is 10.6 Å². The number of hydrogen-bond donors (Lipinski definition) is 3. The third-order valence-electron chi connectivity index (χ3n) is 2.73. The summed E-state index contributed by atoms with van der Waals surface area (Å²) in [5, 5.41) is 13.9. The molecule has 5 nitrogen and oxygen atoms in total. The number of likely N-dealkylation sites (N-methyl/N-ethyl adjacent to an activating group) is 1. The van der Waals surface area contributed by atoms with E-state index in [1.54, 1.807) is 20.9 Å². The standard InChI is InChI=1S/C12H14F2N2O3/c1-12(2,15-3)11(19)16-9-5-8(14)7(13)4-6(9)10(17)18/h4-5,15H,1-3H3,(H,16,19)(H,17,18). The Kier molecular flexibility index (Phi) is 4.21. The summed E-state index contributed by atoms with van der Waals surface area (Å²) in [6.45, 7) is 3.12. The highest BCUT2D eigenvalue weighted by atomic mass is 19.2. The van der Waals surface area contributed by atoms with Gasteiger partial charge in [-0.25, -0.2) is 13.6 Å². The lowest BCUT2D eigenvalue weighted by Gasteiger charge is -2.23.